The summed E-state index contributed by atoms with van der Waals surface area (Å²) in [7, 11) is 0. The minimum Gasteiger partial charge on any atom is -0.294 e. The van der Waals surface area contributed by atoms with Crippen molar-refractivity contribution in [3.05, 3.63) is 78.1 Å². The van der Waals surface area contributed by atoms with Crippen molar-refractivity contribution in [2.24, 2.45) is 0 Å². The number of ketones is 1. The highest BCUT2D eigenvalue weighted by Crippen LogP contribution is 2.31. The number of carbonyl (C=O) groups is 1. The number of rotatable bonds is 3. The van der Waals surface area contributed by atoms with Crippen molar-refractivity contribution < 1.29 is 4.79 Å². The van der Waals surface area contributed by atoms with Gasteiger partial charge in [0.2, 0.25) is 0 Å². The summed E-state index contributed by atoms with van der Waals surface area (Å²) in [6.07, 6.45) is 1.66. The molecule has 4 rings (SSSR count). The van der Waals surface area contributed by atoms with Crippen molar-refractivity contribution in [1.82, 2.24) is 14.6 Å². The molecule has 0 atom stereocenters. The topological polar surface area (TPSA) is 47.3 Å². The third-order valence-corrected chi connectivity index (χ3v) is 4.31. The van der Waals surface area contributed by atoms with E-state index in [-0.39, 0.29) is 5.78 Å². The molecule has 0 fully saturated rings. The number of aryl methyl sites for hydroxylation is 1. The highest BCUT2D eigenvalue weighted by Gasteiger charge is 2.20. The Balaban J connectivity index is 2.09. The van der Waals surface area contributed by atoms with Crippen LogP contribution in [-0.4, -0.2) is 20.4 Å². The fraction of sp³-hybridized carbons (Fsp3) is 0.0952. The van der Waals surface area contributed by atoms with E-state index in [0.29, 0.717) is 5.56 Å². The minimum atomic E-state index is -0.0253. The average molecular weight is 327 g/mol. The summed E-state index contributed by atoms with van der Waals surface area (Å²) in [5, 5.41) is 4.71. The molecule has 25 heavy (non-hydrogen) atoms. The van der Waals surface area contributed by atoms with Crippen LogP contribution in [0.15, 0.2) is 66.9 Å². The molecule has 0 saturated heterocycles. The summed E-state index contributed by atoms with van der Waals surface area (Å²) in [6.45, 7) is 3.53. The first kappa shape index (κ1) is 15.3. The molecule has 0 saturated carbocycles. The van der Waals surface area contributed by atoms with Crippen LogP contribution in [0.3, 0.4) is 0 Å². The van der Waals surface area contributed by atoms with E-state index in [0.717, 1.165) is 33.7 Å². The molecule has 2 aromatic heterocycles. The molecule has 0 aliphatic carbocycles. The molecular weight excluding hydrogens is 310 g/mol. The Morgan fingerprint density at radius 1 is 0.920 bits per heavy atom. The molecule has 0 spiro atoms. The van der Waals surface area contributed by atoms with Crippen LogP contribution < -0.4 is 0 Å². The maximum absolute atomic E-state index is 12.2. The first-order valence-corrected chi connectivity index (χ1v) is 8.17. The van der Waals surface area contributed by atoms with E-state index in [1.807, 2.05) is 67.6 Å². The number of benzene rings is 2. The first-order valence-electron chi connectivity index (χ1n) is 8.17. The number of Topliss-reactive ketones (excluding diaryl/α,β-unsaturated/α-hetero) is 1. The van der Waals surface area contributed by atoms with Crippen molar-refractivity contribution in [1.29, 1.82) is 0 Å². The molecule has 122 valence electrons. The fourth-order valence-corrected chi connectivity index (χ4v) is 3.17. The van der Waals surface area contributed by atoms with Gasteiger partial charge in [-0.2, -0.15) is 5.10 Å². The molecule has 0 aliphatic heterocycles. The smallest absolute Gasteiger partial charge is 0.163 e. The number of nitrogens with zero attached hydrogens (tertiary/aromatic N) is 3. The van der Waals surface area contributed by atoms with Crippen LogP contribution in [0.4, 0.5) is 0 Å². The van der Waals surface area contributed by atoms with E-state index >= 15 is 0 Å². The second kappa shape index (κ2) is 5.98. The predicted molar refractivity (Wildman–Crippen MR) is 98.6 cm³/mol. The SMILES string of the molecule is CC(=O)c1cnc2c(-c3ccccc3)c(C)nn2c1-c1ccccc1. The maximum Gasteiger partial charge on any atom is 0.163 e. The second-order valence-corrected chi connectivity index (χ2v) is 6.00. The molecule has 0 bridgehead atoms. The Labute approximate surface area is 145 Å². The van der Waals surface area contributed by atoms with E-state index in [1.54, 1.807) is 17.6 Å². The number of hydrogen-bond donors (Lipinski definition) is 0. The minimum absolute atomic E-state index is 0.0253. The quantitative estimate of drug-likeness (QED) is 0.518. The predicted octanol–water partition coefficient (Wildman–Crippen LogP) is 4.57. The van der Waals surface area contributed by atoms with Crippen molar-refractivity contribution >= 4 is 11.4 Å². The lowest BCUT2D eigenvalue weighted by atomic mass is 10.0. The Bertz CT molecular complexity index is 1070. The lowest BCUT2D eigenvalue weighted by Gasteiger charge is -2.10. The molecule has 0 radical (unpaired) electrons. The number of carbonyl (C=O) groups excluding carboxylic acids is 1. The molecule has 2 aromatic carbocycles. The van der Waals surface area contributed by atoms with Gasteiger partial charge >= 0.3 is 0 Å². The van der Waals surface area contributed by atoms with Gasteiger partial charge in [0.15, 0.2) is 11.4 Å². The van der Waals surface area contributed by atoms with Crippen molar-refractivity contribution in [3.63, 3.8) is 0 Å². The van der Waals surface area contributed by atoms with Gasteiger partial charge in [-0.3, -0.25) is 4.79 Å². The van der Waals surface area contributed by atoms with Crippen molar-refractivity contribution in [2.75, 3.05) is 0 Å². The van der Waals surface area contributed by atoms with E-state index < -0.39 is 0 Å². The summed E-state index contributed by atoms with van der Waals surface area (Å²) < 4.78 is 1.80. The van der Waals surface area contributed by atoms with E-state index in [2.05, 4.69) is 4.98 Å². The van der Waals surface area contributed by atoms with Gasteiger partial charge < -0.3 is 0 Å². The molecule has 0 unspecified atom stereocenters. The third kappa shape index (κ3) is 2.52. The average Bonchev–Trinajstić information content (AvgIpc) is 2.98. The summed E-state index contributed by atoms with van der Waals surface area (Å²) in [4.78, 5) is 16.7. The van der Waals surface area contributed by atoms with Crippen molar-refractivity contribution in [2.45, 2.75) is 13.8 Å². The van der Waals surface area contributed by atoms with E-state index in [1.165, 1.54) is 0 Å². The Morgan fingerprint density at radius 3 is 2.12 bits per heavy atom. The second-order valence-electron chi connectivity index (χ2n) is 6.00. The van der Waals surface area contributed by atoms with E-state index in [4.69, 9.17) is 5.10 Å². The molecule has 2 heterocycles. The third-order valence-electron chi connectivity index (χ3n) is 4.31. The number of fused-ring (bicyclic) bond motifs is 1. The zero-order valence-electron chi connectivity index (χ0n) is 14.1. The van der Waals surface area contributed by atoms with Gasteiger partial charge in [-0.15, -0.1) is 0 Å². The Morgan fingerprint density at radius 2 is 1.52 bits per heavy atom. The van der Waals surface area contributed by atoms with Crippen molar-refractivity contribution in [3.8, 4) is 22.4 Å². The van der Waals surface area contributed by atoms with Crippen LogP contribution in [0, 0.1) is 6.92 Å². The van der Waals surface area contributed by atoms with Crippen LogP contribution in [0.2, 0.25) is 0 Å². The van der Waals surface area contributed by atoms with Crippen LogP contribution in [0.25, 0.3) is 28.0 Å². The van der Waals surface area contributed by atoms with E-state index in [9.17, 15) is 4.79 Å². The van der Waals surface area contributed by atoms with Gasteiger partial charge in [0, 0.05) is 17.3 Å². The lowest BCUT2D eigenvalue weighted by molar-refractivity contribution is 0.101. The summed E-state index contributed by atoms with van der Waals surface area (Å²) in [5.74, 6) is -0.0253. The maximum atomic E-state index is 12.2. The van der Waals surface area contributed by atoms with Gasteiger partial charge in [-0.1, -0.05) is 60.7 Å². The molecule has 0 amide bonds. The van der Waals surface area contributed by atoms with Gasteiger partial charge in [-0.25, -0.2) is 9.50 Å². The molecule has 0 N–H and O–H groups in total. The summed E-state index contributed by atoms with van der Waals surface area (Å²) in [6, 6.07) is 19.9. The van der Waals surface area contributed by atoms with Crippen LogP contribution >= 0.6 is 0 Å². The van der Waals surface area contributed by atoms with Gasteiger partial charge in [0.25, 0.3) is 0 Å². The number of hydrogen-bond acceptors (Lipinski definition) is 3. The molecule has 0 aliphatic rings. The number of aromatic nitrogens is 3. The largest absolute Gasteiger partial charge is 0.294 e. The molecule has 4 nitrogen and oxygen atoms in total. The Hall–Kier alpha value is -3.27. The van der Waals surface area contributed by atoms with Crippen LogP contribution in [0.5, 0.6) is 0 Å². The lowest BCUT2D eigenvalue weighted by Crippen LogP contribution is -2.05. The molecule has 4 heteroatoms. The standard InChI is InChI=1S/C21H17N3O/c1-14-19(16-9-5-3-6-10-16)21-22-13-18(15(2)25)20(24(21)23-14)17-11-7-4-8-12-17/h3-13H,1-2H3. The normalized spacial score (nSPS) is 11.0. The zero-order chi connectivity index (χ0) is 17.4. The van der Waals surface area contributed by atoms with Gasteiger partial charge in [0.1, 0.15) is 0 Å². The van der Waals surface area contributed by atoms with Gasteiger partial charge in [-0.05, 0) is 19.4 Å². The zero-order valence-corrected chi connectivity index (χ0v) is 14.1. The molecular formula is C21H17N3O. The van der Waals surface area contributed by atoms with Crippen LogP contribution in [0.1, 0.15) is 23.0 Å². The molecule has 4 aromatic rings. The first-order chi connectivity index (χ1) is 12.2. The highest BCUT2D eigenvalue weighted by atomic mass is 16.1. The summed E-state index contributed by atoms with van der Waals surface area (Å²) in [5.41, 5.74) is 6.00. The monoisotopic (exact) mass is 327 g/mol. The van der Waals surface area contributed by atoms with Gasteiger partial charge in [0.05, 0.1) is 17.0 Å². The highest BCUT2D eigenvalue weighted by molar-refractivity contribution is 6.00. The van der Waals surface area contributed by atoms with Crippen LogP contribution in [-0.2, 0) is 0 Å². The fourth-order valence-electron chi connectivity index (χ4n) is 3.17. The Kier molecular flexibility index (Phi) is 3.65. The summed E-state index contributed by atoms with van der Waals surface area (Å²) >= 11 is 0.